The highest BCUT2D eigenvalue weighted by atomic mass is 32.2. The fourth-order valence-corrected chi connectivity index (χ4v) is 7.28. The minimum absolute atomic E-state index is 0.0323. The number of hydrogen-bond acceptors (Lipinski definition) is 3. The smallest absolute Gasteiger partial charge is 0.180 e. The summed E-state index contributed by atoms with van der Waals surface area (Å²) in [5.74, 6) is 1.81. The van der Waals surface area contributed by atoms with Gasteiger partial charge in [0.1, 0.15) is 11.3 Å². The molecule has 0 saturated carbocycles. The van der Waals surface area contributed by atoms with Crippen LogP contribution in [0.15, 0.2) is 73.1 Å². The van der Waals surface area contributed by atoms with Gasteiger partial charge in [-0.15, -0.1) is 0 Å². The van der Waals surface area contributed by atoms with Gasteiger partial charge >= 0.3 is 0 Å². The molecule has 2 nitrogen and oxygen atoms in total. The zero-order chi connectivity index (χ0) is 17.9. The number of benzene rings is 2. The largest absolute Gasteiger partial charge is 0.481 e. The average Bonchev–Trinajstić information content (AvgIpc) is 2.61. The van der Waals surface area contributed by atoms with E-state index < -0.39 is 0 Å². The highest BCUT2D eigenvalue weighted by Crippen LogP contribution is 2.46. The van der Waals surface area contributed by atoms with Gasteiger partial charge in [-0.05, 0) is 44.5 Å². The molecule has 1 heterocycles. The van der Waals surface area contributed by atoms with Gasteiger partial charge in [-0.2, -0.15) is 0 Å². The Bertz CT molecular complexity index is 728. The SMILES string of the molecule is CCOC(C)=NC(C)(CC)C[S+]1c2ccccc2Sc2ccccc21. The summed E-state index contributed by atoms with van der Waals surface area (Å²) in [5, 5.41) is 0. The molecule has 0 bridgehead atoms. The van der Waals surface area contributed by atoms with Gasteiger partial charge < -0.3 is 4.74 Å². The summed E-state index contributed by atoms with van der Waals surface area (Å²) < 4.78 is 5.62. The molecule has 25 heavy (non-hydrogen) atoms. The maximum Gasteiger partial charge on any atom is 0.180 e. The summed E-state index contributed by atoms with van der Waals surface area (Å²) in [6, 6.07) is 17.7. The van der Waals surface area contributed by atoms with Crippen LogP contribution in [0.2, 0.25) is 0 Å². The Labute approximate surface area is 158 Å². The summed E-state index contributed by atoms with van der Waals surface area (Å²) in [7, 11) is 0.0323. The molecule has 0 amide bonds. The van der Waals surface area contributed by atoms with E-state index in [4.69, 9.17) is 9.73 Å². The van der Waals surface area contributed by atoms with E-state index in [2.05, 4.69) is 62.4 Å². The third-order valence-corrected chi connectivity index (χ3v) is 8.54. The van der Waals surface area contributed by atoms with Crippen LogP contribution < -0.4 is 0 Å². The molecule has 1 atom stereocenters. The van der Waals surface area contributed by atoms with Crippen LogP contribution in [0.5, 0.6) is 0 Å². The van der Waals surface area contributed by atoms with E-state index in [1.54, 1.807) is 0 Å². The van der Waals surface area contributed by atoms with E-state index in [9.17, 15) is 0 Å². The number of ether oxygens (including phenoxy) is 1. The maximum absolute atomic E-state index is 5.62. The molecule has 1 aliphatic rings. The third kappa shape index (κ3) is 4.06. The molecule has 3 rings (SSSR count). The molecular formula is C21H26NOS2+. The van der Waals surface area contributed by atoms with Crippen LogP contribution in [0.3, 0.4) is 0 Å². The molecule has 0 spiro atoms. The molecule has 2 aromatic carbocycles. The highest BCUT2D eigenvalue weighted by Gasteiger charge is 2.41. The Morgan fingerprint density at radius 3 is 2.12 bits per heavy atom. The molecule has 0 saturated heterocycles. The lowest BCUT2D eigenvalue weighted by Crippen LogP contribution is -2.34. The monoisotopic (exact) mass is 372 g/mol. The molecule has 0 radical (unpaired) electrons. The van der Waals surface area contributed by atoms with Crippen molar-refractivity contribution >= 4 is 28.6 Å². The summed E-state index contributed by atoms with van der Waals surface area (Å²) in [4.78, 5) is 10.6. The lowest BCUT2D eigenvalue weighted by atomic mass is 10.0. The maximum atomic E-state index is 5.62. The van der Waals surface area contributed by atoms with Gasteiger partial charge in [-0.3, -0.25) is 0 Å². The van der Waals surface area contributed by atoms with Crippen molar-refractivity contribution in [3.8, 4) is 0 Å². The Morgan fingerprint density at radius 2 is 1.60 bits per heavy atom. The first kappa shape index (κ1) is 18.4. The normalized spacial score (nSPS) is 16.7. The Hall–Kier alpha value is -1.39. The van der Waals surface area contributed by atoms with Gasteiger partial charge in [0.15, 0.2) is 15.7 Å². The van der Waals surface area contributed by atoms with Crippen molar-refractivity contribution < 1.29 is 4.74 Å². The van der Waals surface area contributed by atoms with Crippen molar-refractivity contribution in [1.82, 2.24) is 0 Å². The van der Waals surface area contributed by atoms with E-state index >= 15 is 0 Å². The van der Waals surface area contributed by atoms with Crippen LogP contribution >= 0.6 is 11.8 Å². The van der Waals surface area contributed by atoms with Crippen LogP contribution in [-0.4, -0.2) is 23.8 Å². The number of aliphatic imine (C=N–C) groups is 1. The van der Waals surface area contributed by atoms with Gasteiger partial charge in [-0.1, -0.05) is 43.0 Å². The van der Waals surface area contributed by atoms with E-state index in [0.29, 0.717) is 6.61 Å². The number of rotatable bonds is 5. The van der Waals surface area contributed by atoms with Crippen molar-refractivity contribution in [1.29, 1.82) is 0 Å². The van der Waals surface area contributed by atoms with Crippen molar-refractivity contribution in [3.05, 3.63) is 48.5 Å². The van der Waals surface area contributed by atoms with Crippen LogP contribution in [0, 0.1) is 0 Å². The Kier molecular flexibility index (Phi) is 5.80. The molecule has 2 aromatic rings. The Morgan fingerprint density at radius 1 is 1.04 bits per heavy atom. The van der Waals surface area contributed by atoms with E-state index in [0.717, 1.165) is 18.1 Å². The van der Waals surface area contributed by atoms with Gasteiger partial charge in [0, 0.05) is 6.92 Å². The predicted octanol–water partition coefficient (Wildman–Crippen LogP) is 5.81. The summed E-state index contributed by atoms with van der Waals surface area (Å²) >= 11 is 1.89. The molecule has 0 aliphatic carbocycles. The molecule has 1 aliphatic heterocycles. The topological polar surface area (TPSA) is 21.6 Å². The van der Waals surface area contributed by atoms with Crippen LogP contribution in [-0.2, 0) is 15.6 Å². The zero-order valence-corrected chi connectivity index (χ0v) is 17.0. The van der Waals surface area contributed by atoms with Gasteiger partial charge in [0.25, 0.3) is 0 Å². The summed E-state index contributed by atoms with van der Waals surface area (Å²) in [5.41, 5.74) is -0.120. The van der Waals surface area contributed by atoms with E-state index in [1.807, 2.05) is 25.6 Å². The fourth-order valence-electron chi connectivity index (χ4n) is 3.01. The second-order valence-corrected chi connectivity index (χ2v) is 9.48. The quantitative estimate of drug-likeness (QED) is 0.375. The first-order valence-electron chi connectivity index (χ1n) is 8.82. The third-order valence-electron chi connectivity index (χ3n) is 4.45. The van der Waals surface area contributed by atoms with Gasteiger partial charge in [-0.25, -0.2) is 4.99 Å². The van der Waals surface area contributed by atoms with Crippen LogP contribution in [0.1, 0.15) is 34.1 Å². The Balaban J connectivity index is 2.00. The number of hydrogen-bond donors (Lipinski definition) is 0. The predicted molar refractivity (Wildman–Crippen MR) is 109 cm³/mol. The summed E-state index contributed by atoms with van der Waals surface area (Å²) in [6.45, 7) is 9.13. The lowest BCUT2D eigenvalue weighted by Gasteiger charge is -2.27. The molecule has 0 aromatic heterocycles. The first-order chi connectivity index (χ1) is 12.1. The van der Waals surface area contributed by atoms with E-state index in [-0.39, 0.29) is 16.4 Å². The van der Waals surface area contributed by atoms with Gasteiger partial charge in [0.2, 0.25) is 0 Å². The second-order valence-electron chi connectivity index (χ2n) is 6.44. The number of fused-ring (bicyclic) bond motifs is 2. The zero-order valence-electron chi connectivity index (χ0n) is 15.4. The van der Waals surface area contributed by atoms with Crippen molar-refractivity contribution in [2.45, 2.75) is 59.2 Å². The molecular weight excluding hydrogens is 346 g/mol. The molecule has 4 heteroatoms. The van der Waals surface area contributed by atoms with Crippen molar-refractivity contribution in [2.75, 3.05) is 12.4 Å². The molecule has 1 unspecified atom stereocenters. The minimum atomic E-state index is -0.120. The van der Waals surface area contributed by atoms with Crippen LogP contribution in [0.25, 0.3) is 0 Å². The average molecular weight is 373 g/mol. The second kappa shape index (κ2) is 7.88. The standard InChI is InChI=1S/C21H26NOS2/c1-5-21(4,22-16(3)23-6-2)15-25-19-13-9-7-11-17(19)24-18-12-8-10-14-20(18)25/h7-14H,5-6,15H2,1-4H3/q+1. The molecule has 0 N–H and O–H groups in total. The van der Waals surface area contributed by atoms with E-state index in [1.165, 1.54) is 19.6 Å². The summed E-state index contributed by atoms with van der Waals surface area (Å²) in [6.07, 6.45) is 0.998. The van der Waals surface area contributed by atoms with Gasteiger partial charge in [0.05, 0.1) is 27.3 Å². The molecule has 132 valence electrons. The first-order valence-corrected chi connectivity index (χ1v) is 11.0. The van der Waals surface area contributed by atoms with Crippen molar-refractivity contribution in [2.24, 2.45) is 4.99 Å². The lowest BCUT2D eigenvalue weighted by molar-refractivity contribution is 0.315. The molecule has 0 fully saturated rings. The van der Waals surface area contributed by atoms with Crippen molar-refractivity contribution in [3.63, 3.8) is 0 Å². The highest BCUT2D eigenvalue weighted by molar-refractivity contribution is 8.04. The minimum Gasteiger partial charge on any atom is -0.481 e. The number of nitrogens with zero attached hydrogens (tertiary/aromatic N) is 1. The van der Waals surface area contributed by atoms with Crippen LogP contribution in [0.4, 0.5) is 0 Å². The fraction of sp³-hybridized carbons (Fsp3) is 0.381.